The van der Waals surface area contributed by atoms with Crippen molar-refractivity contribution in [3.63, 3.8) is 0 Å². The molecule has 0 aromatic heterocycles. The van der Waals surface area contributed by atoms with E-state index < -0.39 is 24.1 Å². The maximum atomic E-state index is 11.3. The lowest BCUT2D eigenvalue weighted by molar-refractivity contribution is -0.242. The van der Waals surface area contributed by atoms with E-state index in [1.54, 1.807) is 13.8 Å². The molecule has 1 fully saturated rings. The number of hydrogen-bond donors (Lipinski definition) is 1. The molecule has 2 rings (SSSR count). The van der Waals surface area contributed by atoms with Crippen LogP contribution in [0.25, 0.3) is 0 Å². The minimum Gasteiger partial charge on any atom is -0.398 e. The number of ether oxygens (including phenoxy) is 2. The third-order valence-electron chi connectivity index (χ3n) is 2.27. The number of aliphatic hydroxyl groups excluding tert-OH is 1. The molecule has 4 nitrogen and oxygen atoms in total. The second-order valence-electron chi connectivity index (χ2n) is 3.86. The second-order valence-corrected chi connectivity index (χ2v) is 3.86. The van der Waals surface area contributed by atoms with Crippen molar-refractivity contribution in [3.05, 3.63) is 12.2 Å². The summed E-state index contributed by atoms with van der Waals surface area (Å²) < 4.78 is 9.64. The van der Waals surface area contributed by atoms with Crippen molar-refractivity contribution in [2.45, 2.75) is 37.9 Å². The van der Waals surface area contributed by atoms with Gasteiger partial charge in [0.05, 0.1) is 0 Å². The highest BCUT2D eigenvalue weighted by atomic mass is 16.8. The van der Waals surface area contributed by atoms with E-state index in [0.29, 0.717) is 0 Å². The van der Waals surface area contributed by atoms with Gasteiger partial charge in [-0.1, -0.05) is 0 Å². The Morgan fingerprint density at radius 3 is 2.92 bits per heavy atom. The molecule has 4 heteroatoms. The van der Waals surface area contributed by atoms with E-state index in [-0.39, 0.29) is 5.78 Å². The zero-order valence-corrected chi connectivity index (χ0v) is 7.60. The summed E-state index contributed by atoms with van der Waals surface area (Å²) in [4.78, 5) is 11.3. The van der Waals surface area contributed by atoms with E-state index >= 15 is 0 Å². The first kappa shape index (κ1) is 8.87. The standard InChI is InChI=1S/C9H12O4/c1-9(2)12-7-5(10)3-4-6(11)8(7)13-9/h3-5,7-8,10H,1-2H3/p+1/t5-,7?,8+/m0/s1. The minimum atomic E-state index is -0.715. The van der Waals surface area contributed by atoms with Gasteiger partial charge in [0.15, 0.2) is 6.10 Å². The molecular weight excluding hydrogens is 172 g/mol. The Morgan fingerprint density at radius 1 is 1.62 bits per heavy atom. The fraction of sp³-hybridized carbons (Fsp3) is 0.667. The topological polar surface area (TPSA) is 59.3 Å². The van der Waals surface area contributed by atoms with E-state index in [0.717, 1.165) is 0 Å². The summed E-state index contributed by atoms with van der Waals surface area (Å²) in [7, 11) is 0. The lowest BCUT2D eigenvalue weighted by atomic mass is 9.98. The summed E-state index contributed by atoms with van der Waals surface area (Å²) in [6.07, 6.45) is 1.11. The molecule has 0 amide bonds. The number of hydrogen-bond acceptors (Lipinski definition) is 3. The first-order valence-electron chi connectivity index (χ1n) is 4.29. The van der Waals surface area contributed by atoms with E-state index in [9.17, 15) is 9.90 Å². The van der Waals surface area contributed by atoms with Gasteiger partial charge in [-0.15, -0.1) is 0 Å². The van der Waals surface area contributed by atoms with Gasteiger partial charge < -0.3 is 9.84 Å². The maximum absolute atomic E-state index is 11.3. The summed E-state index contributed by atoms with van der Waals surface area (Å²) in [5.41, 5.74) is 0. The molecule has 0 radical (unpaired) electrons. The Kier molecular flexibility index (Phi) is 1.80. The lowest BCUT2D eigenvalue weighted by Gasteiger charge is -2.17. The number of fused-ring (bicyclic) bond motifs is 1. The van der Waals surface area contributed by atoms with Gasteiger partial charge >= 0.3 is 0 Å². The summed E-state index contributed by atoms with van der Waals surface area (Å²) >= 11 is 0. The van der Waals surface area contributed by atoms with Crippen molar-refractivity contribution in [3.8, 4) is 0 Å². The summed E-state index contributed by atoms with van der Waals surface area (Å²) in [6, 6.07) is 0. The van der Waals surface area contributed by atoms with Crippen molar-refractivity contribution in [1.82, 2.24) is 0 Å². The van der Waals surface area contributed by atoms with Crippen molar-refractivity contribution in [1.29, 1.82) is 0 Å². The Balaban J connectivity index is 2.26. The molecule has 0 aromatic rings. The van der Waals surface area contributed by atoms with Crippen LogP contribution >= 0.6 is 0 Å². The lowest BCUT2D eigenvalue weighted by Crippen LogP contribution is -2.42. The second kappa shape index (κ2) is 2.64. The first-order valence-corrected chi connectivity index (χ1v) is 4.29. The Hall–Kier alpha value is -0.710. The fourth-order valence-corrected chi connectivity index (χ4v) is 1.72. The Bertz CT molecular complexity index is 269. The van der Waals surface area contributed by atoms with Gasteiger partial charge in [-0.25, -0.2) is 0 Å². The Morgan fingerprint density at radius 2 is 2.31 bits per heavy atom. The van der Waals surface area contributed by atoms with E-state index in [1.807, 2.05) is 0 Å². The molecule has 2 N–H and O–H groups in total. The van der Waals surface area contributed by atoms with Crippen LogP contribution in [0, 0.1) is 0 Å². The average molecular weight is 185 g/mol. The van der Waals surface area contributed by atoms with Gasteiger partial charge in [0.25, 0.3) is 5.79 Å². The van der Waals surface area contributed by atoms with Gasteiger partial charge in [0, 0.05) is 13.8 Å². The molecule has 72 valence electrons. The molecule has 1 aliphatic heterocycles. The Labute approximate surface area is 76.1 Å². The molecule has 2 aliphatic rings. The van der Waals surface area contributed by atoms with Gasteiger partial charge in [0.1, 0.15) is 6.10 Å². The molecule has 1 saturated heterocycles. The molecule has 3 atom stereocenters. The molecule has 0 saturated carbocycles. The zero-order valence-electron chi connectivity index (χ0n) is 7.60. The summed E-state index contributed by atoms with van der Waals surface area (Å²) in [6.45, 7) is 3.57. The maximum Gasteiger partial charge on any atom is 0.269 e. The van der Waals surface area contributed by atoms with E-state index in [4.69, 9.17) is 4.74 Å². The number of rotatable bonds is 0. The number of aliphatic hydroxyl groups is 3. The largest absolute Gasteiger partial charge is 0.398 e. The van der Waals surface area contributed by atoms with Crippen molar-refractivity contribution < 1.29 is 19.4 Å². The molecule has 1 heterocycles. The molecule has 1 aliphatic carbocycles. The zero-order chi connectivity index (χ0) is 9.64. The van der Waals surface area contributed by atoms with Crippen molar-refractivity contribution in [2.75, 3.05) is 0 Å². The first-order chi connectivity index (χ1) is 5.99. The number of carbonyl (C=O) groups excluding carboxylic acids is 1. The third kappa shape index (κ3) is 1.41. The fourth-order valence-electron chi connectivity index (χ4n) is 1.72. The molecule has 0 bridgehead atoms. The van der Waals surface area contributed by atoms with Crippen LogP contribution in [0.15, 0.2) is 12.2 Å². The molecular formula is C9H13O4+. The summed E-state index contributed by atoms with van der Waals surface area (Å²) in [5, 5.41) is 9.51. The van der Waals surface area contributed by atoms with Crippen LogP contribution in [0.1, 0.15) is 13.8 Å². The third-order valence-corrected chi connectivity index (χ3v) is 2.27. The SMILES string of the molecule is CC1(C)OC2[C@H]([OH+]1)C(=O)C=C[C@@H]2O. The molecule has 13 heavy (non-hydrogen) atoms. The highest BCUT2D eigenvalue weighted by molar-refractivity contribution is 5.95. The molecule has 1 unspecified atom stereocenters. The predicted molar refractivity (Wildman–Crippen MR) is 45.1 cm³/mol. The van der Waals surface area contributed by atoms with Gasteiger partial charge in [-0.3, -0.25) is 9.53 Å². The monoisotopic (exact) mass is 185 g/mol. The van der Waals surface area contributed by atoms with Crippen LogP contribution in [-0.2, 0) is 9.53 Å². The molecule has 0 spiro atoms. The van der Waals surface area contributed by atoms with Crippen LogP contribution in [-0.4, -0.2) is 39.7 Å². The van der Waals surface area contributed by atoms with Gasteiger partial charge in [-0.2, -0.15) is 0 Å². The van der Waals surface area contributed by atoms with Crippen molar-refractivity contribution >= 4 is 5.78 Å². The summed E-state index contributed by atoms with van der Waals surface area (Å²) in [5.74, 6) is -0.737. The van der Waals surface area contributed by atoms with Gasteiger partial charge in [0.2, 0.25) is 11.9 Å². The quantitative estimate of drug-likeness (QED) is 0.518. The predicted octanol–water partition coefficient (Wildman–Crippen LogP) is -0.482. The van der Waals surface area contributed by atoms with Crippen molar-refractivity contribution in [2.24, 2.45) is 0 Å². The van der Waals surface area contributed by atoms with Gasteiger partial charge in [-0.05, 0) is 12.2 Å². The average Bonchev–Trinajstić information content (AvgIpc) is 2.35. The van der Waals surface area contributed by atoms with E-state index in [1.165, 1.54) is 12.2 Å². The smallest absolute Gasteiger partial charge is 0.269 e. The highest BCUT2D eigenvalue weighted by Gasteiger charge is 2.53. The molecule has 0 aromatic carbocycles. The van der Waals surface area contributed by atoms with Crippen LogP contribution in [0.5, 0.6) is 0 Å². The normalized spacial score (nSPS) is 42.1. The van der Waals surface area contributed by atoms with Crippen LogP contribution < -0.4 is 0 Å². The minimum absolute atomic E-state index is 0.0825. The highest BCUT2D eigenvalue weighted by Crippen LogP contribution is 2.30. The van der Waals surface area contributed by atoms with E-state index in [2.05, 4.69) is 4.74 Å². The van der Waals surface area contributed by atoms with Crippen LogP contribution in [0.4, 0.5) is 0 Å². The number of carbonyl (C=O) groups is 1. The van der Waals surface area contributed by atoms with Crippen LogP contribution in [0.3, 0.4) is 0 Å². The number of ketones is 1. The van der Waals surface area contributed by atoms with Crippen LogP contribution in [0.2, 0.25) is 0 Å².